The van der Waals surface area contributed by atoms with Crippen LogP contribution in [0.3, 0.4) is 0 Å². The van der Waals surface area contributed by atoms with Crippen LogP contribution < -0.4 is 5.43 Å². The van der Waals surface area contributed by atoms with Crippen LogP contribution in [0, 0.1) is 6.92 Å². The molecule has 0 fully saturated rings. The number of carbonyl (C=O) groups excluding carboxylic acids is 1. The van der Waals surface area contributed by atoms with Gasteiger partial charge in [0.25, 0.3) is 5.91 Å². The highest BCUT2D eigenvalue weighted by Gasteiger charge is 2.12. The molecule has 0 aliphatic rings. The number of rotatable bonds is 3. The van der Waals surface area contributed by atoms with Crippen LogP contribution >= 0.6 is 0 Å². The van der Waals surface area contributed by atoms with Crippen LogP contribution in [0.15, 0.2) is 35.4 Å². The van der Waals surface area contributed by atoms with Crippen molar-refractivity contribution < 1.29 is 4.79 Å². The highest BCUT2D eigenvalue weighted by Crippen LogP contribution is 2.21. The summed E-state index contributed by atoms with van der Waals surface area (Å²) in [5.41, 5.74) is 5.93. The van der Waals surface area contributed by atoms with E-state index < -0.39 is 0 Å². The Morgan fingerprint density at radius 2 is 1.95 bits per heavy atom. The molecule has 0 saturated carbocycles. The zero-order valence-corrected chi connectivity index (χ0v) is 12.8. The molecule has 0 unspecified atom stereocenters. The van der Waals surface area contributed by atoms with Crippen LogP contribution in [0.25, 0.3) is 0 Å². The van der Waals surface area contributed by atoms with Gasteiger partial charge in [-0.25, -0.2) is 5.43 Å². The highest BCUT2D eigenvalue weighted by atomic mass is 16.2. The molecule has 1 aromatic carbocycles. The minimum atomic E-state index is -0.332. The Morgan fingerprint density at radius 1 is 1.29 bits per heavy atom. The number of benzene rings is 1. The van der Waals surface area contributed by atoms with Gasteiger partial charge in [-0.1, -0.05) is 45.0 Å². The normalized spacial score (nSPS) is 11.8. The zero-order valence-electron chi connectivity index (χ0n) is 12.8. The first-order valence-corrected chi connectivity index (χ1v) is 6.82. The van der Waals surface area contributed by atoms with E-state index in [1.807, 2.05) is 19.1 Å². The lowest BCUT2D eigenvalue weighted by molar-refractivity contribution is 0.0950. The summed E-state index contributed by atoms with van der Waals surface area (Å²) in [6.07, 6.45) is 1.61. The fourth-order valence-electron chi connectivity index (χ4n) is 1.83. The Bertz CT molecular complexity index is 648. The Kier molecular flexibility index (Phi) is 4.21. The lowest BCUT2D eigenvalue weighted by Gasteiger charge is -2.18. The third kappa shape index (κ3) is 4.02. The van der Waals surface area contributed by atoms with Crippen LogP contribution in [0.1, 0.15) is 48.1 Å². The number of hydrogen-bond acceptors (Lipinski definition) is 3. The molecule has 0 bridgehead atoms. The van der Waals surface area contributed by atoms with Gasteiger partial charge in [0.15, 0.2) is 5.69 Å². The first-order chi connectivity index (χ1) is 9.86. The number of hydrogen-bond donors (Lipinski definition) is 2. The molecule has 0 atom stereocenters. The standard InChI is InChI=1S/C16H20N4O/c1-11-9-14(19-18-11)15(21)20-17-10-12-5-7-13(8-6-12)16(2,3)4/h5-10H,1-4H3,(H,18,19)(H,20,21). The summed E-state index contributed by atoms with van der Waals surface area (Å²) in [4.78, 5) is 11.7. The van der Waals surface area contributed by atoms with Crippen LogP contribution in [-0.2, 0) is 5.41 Å². The smallest absolute Gasteiger partial charge is 0.282 e. The van der Waals surface area contributed by atoms with Crippen molar-refractivity contribution in [3.63, 3.8) is 0 Å². The fraction of sp³-hybridized carbons (Fsp3) is 0.312. The number of aryl methyl sites for hydroxylation is 1. The number of H-pyrrole nitrogens is 1. The minimum Gasteiger partial charge on any atom is -0.282 e. The lowest BCUT2D eigenvalue weighted by atomic mass is 9.87. The van der Waals surface area contributed by atoms with E-state index in [0.717, 1.165) is 11.3 Å². The first kappa shape index (κ1) is 15.0. The molecule has 1 amide bonds. The van der Waals surface area contributed by atoms with Gasteiger partial charge in [0.2, 0.25) is 0 Å². The van der Waals surface area contributed by atoms with E-state index in [2.05, 4.69) is 53.6 Å². The summed E-state index contributed by atoms with van der Waals surface area (Å²) in [5, 5.41) is 10.5. The summed E-state index contributed by atoms with van der Waals surface area (Å²) in [6.45, 7) is 8.34. The van der Waals surface area contributed by atoms with Crippen molar-refractivity contribution in [2.45, 2.75) is 33.1 Å². The molecule has 110 valence electrons. The van der Waals surface area contributed by atoms with Crippen molar-refractivity contribution in [3.8, 4) is 0 Å². The quantitative estimate of drug-likeness (QED) is 0.672. The van der Waals surface area contributed by atoms with Crippen molar-refractivity contribution in [2.75, 3.05) is 0 Å². The predicted molar refractivity (Wildman–Crippen MR) is 83.5 cm³/mol. The number of aromatic amines is 1. The van der Waals surface area contributed by atoms with Crippen LogP contribution in [0.4, 0.5) is 0 Å². The number of amides is 1. The van der Waals surface area contributed by atoms with Gasteiger partial charge < -0.3 is 0 Å². The van der Waals surface area contributed by atoms with E-state index in [0.29, 0.717) is 5.69 Å². The van der Waals surface area contributed by atoms with Gasteiger partial charge in [-0.3, -0.25) is 9.89 Å². The van der Waals surface area contributed by atoms with Crippen LogP contribution in [0.2, 0.25) is 0 Å². The van der Waals surface area contributed by atoms with E-state index in [9.17, 15) is 4.79 Å². The first-order valence-electron chi connectivity index (χ1n) is 6.82. The average molecular weight is 284 g/mol. The van der Waals surface area contributed by atoms with Gasteiger partial charge >= 0.3 is 0 Å². The van der Waals surface area contributed by atoms with Gasteiger partial charge in [-0.2, -0.15) is 10.2 Å². The molecule has 0 radical (unpaired) electrons. The minimum absolute atomic E-state index is 0.127. The topological polar surface area (TPSA) is 70.1 Å². The Hall–Kier alpha value is -2.43. The number of carbonyl (C=O) groups is 1. The summed E-state index contributed by atoms with van der Waals surface area (Å²) in [7, 11) is 0. The second kappa shape index (κ2) is 5.91. The molecule has 0 saturated heterocycles. The molecule has 1 heterocycles. The van der Waals surface area contributed by atoms with Crippen LogP contribution in [0.5, 0.6) is 0 Å². The van der Waals surface area contributed by atoms with E-state index in [-0.39, 0.29) is 11.3 Å². The molecule has 0 aliphatic heterocycles. The second-order valence-corrected chi connectivity index (χ2v) is 6.01. The molecule has 1 aromatic heterocycles. The van der Waals surface area contributed by atoms with Crippen molar-refractivity contribution in [2.24, 2.45) is 5.10 Å². The van der Waals surface area contributed by atoms with Crippen molar-refractivity contribution in [1.82, 2.24) is 15.6 Å². The SMILES string of the molecule is Cc1cc(C(=O)NN=Cc2ccc(C(C)(C)C)cc2)n[nH]1. The molecule has 2 N–H and O–H groups in total. The average Bonchev–Trinajstić information content (AvgIpc) is 2.85. The Labute approximate surface area is 124 Å². The van der Waals surface area contributed by atoms with E-state index in [1.165, 1.54) is 5.56 Å². The molecule has 5 nitrogen and oxygen atoms in total. The third-order valence-corrected chi connectivity index (χ3v) is 3.09. The molecule has 0 spiro atoms. The van der Waals surface area contributed by atoms with Crippen molar-refractivity contribution in [1.29, 1.82) is 0 Å². The van der Waals surface area contributed by atoms with Gasteiger partial charge in [0.1, 0.15) is 0 Å². The maximum absolute atomic E-state index is 11.7. The number of nitrogens with zero attached hydrogens (tertiary/aromatic N) is 2. The zero-order chi connectivity index (χ0) is 15.5. The van der Waals surface area contributed by atoms with Gasteiger partial charge in [0.05, 0.1) is 6.21 Å². The number of aromatic nitrogens is 2. The molecule has 0 aliphatic carbocycles. The molecule has 5 heteroatoms. The van der Waals surface area contributed by atoms with E-state index in [4.69, 9.17) is 0 Å². The third-order valence-electron chi connectivity index (χ3n) is 3.09. The summed E-state index contributed by atoms with van der Waals surface area (Å²) >= 11 is 0. The summed E-state index contributed by atoms with van der Waals surface area (Å²) < 4.78 is 0. The van der Waals surface area contributed by atoms with Gasteiger partial charge in [-0.05, 0) is 29.5 Å². The lowest BCUT2D eigenvalue weighted by Crippen LogP contribution is -2.18. The van der Waals surface area contributed by atoms with Gasteiger partial charge in [0, 0.05) is 5.69 Å². The molecular weight excluding hydrogens is 264 g/mol. The predicted octanol–water partition coefficient (Wildman–Crippen LogP) is 2.78. The fourth-order valence-corrected chi connectivity index (χ4v) is 1.83. The maximum Gasteiger partial charge on any atom is 0.291 e. The van der Waals surface area contributed by atoms with Gasteiger partial charge in [-0.15, -0.1) is 0 Å². The van der Waals surface area contributed by atoms with Crippen LogP contribution in [-0.4, -0.2) is 22.3 Å². The highest BCUT2D eigenvalue weighted by molar-refractivity contribution is 5.93. The summed E-state index contributed by atoms with van der Waals surface area (Å²) in [6, 6.07) is 9.77. The monoisotopic (exact) mass is 284 g/mol. The summed E-state index contributed by atoms with van der Waals surface area (Å²) in [5.74, 6) is -0.332. The Balaban J connectivity index is 1.97. The molecular formula is C16H20N4O. The number of nitrogens with one attached hydrogen (secondary N) is 2. The van der Waals surface area contributed by atoms with E-state index >= 15 is 0 Å². The van der Waals surface area contributed by atoms with Crippen molar-refractivity contribution in [3.05, 3.63) is 52.8 Å². The largest absolute Gasteiger partial charge is 0.291 e. The van der Waals surface area contributed by atoms with Crippen molar-refractivity contribution >= 4 is 12.1 Å². The molecule has 2 aromatic rings. The van der Waals surface area contributed by atoms with E-state index in [1.54, 1.807) is 12.3 Å². The number of hydrazone groups is 1. The maximum atomic E-state index is 11.7. The molecule has 2 rings (SSSR count). The second-order valence-electron chi connectivity index (χ2n) is 6.01. The Morgan fingerprint density at radius 3 is 2.48 bits per heavy atom. The molecule has 21 heavy (non-hydrogen) atoms.